The molecule has 0 radical (unpaired) electrons. The van der Waals surface area contributed by atoms with Crippen molar-refractivity contribution in [1.82, 2.24) is 5.32 Å². The lowest BCUT2D eigenvalue weighted by Crippen LogP contribution is -2.34. The molecule has 16 heavy (non-hydrogen) atoms. The van der Waals surface area contributed by atoms with E-state index in [1.165, 1.54) is 12.8 Å². The van der Waals surface area contributed by atoms with Gasteiger partial charge in [-0.15, -0.1) is 11.6 Å². The van der Waals surface area contributed by atoms with E-state index in [0.29, 0.717) is 12.4 Å². The fourth-order valence-electron chi connectivity index (χ4n) is 2.25. The van der Waals surface area contributed by atoms with E-state index in [2.05, 4.69) is 5.32 Å². The molecule has 1 nitrogen and oxygen atoms in total. The second kappa shape index (κ2) is 6.10. The summed E-state index contributed by atoms with van der Waals surface area (Å²) in [5, 5.41) is 3.11. The molecule has 96 valence electrons. The second-order valence-corrected chi connectivity index (χ2v) is 5.00. The molecule has 5 heteroatoms. The van der Waals surface area contributed by atoms with E-state index in [1.807, 2.05) is 0 Å². The minimum Gasteiger partial charge on any atom is -0.316 e. The van der Waals surface area contributed by atoms with Gasteiger partial charge in [0.1, 0.15) is 0 Å². The maximum absolute atomic E-state index is 11.9. The molecular weight excluding hydrogens is 239 g/mol. The van der Waals surface area contributed by atoms with Crippen LogP contribution < -0.4 is 5.32 Å². The summed E-state index contributed by atoms with van der Waals surface area (Å²) in [5.74, 6) is 0.610. The third-order valence-corrected chi connectivity index (χ3v) is 3.83. The predicted octanol–water partition coefficient (Wildman–Crippen LogP) is 3.72. The molecule has 0 bridgehead atoms. The van der Waals surface area contributed by atoms with Crippen LogP contribution in [0.5, 0.6) is 0 Å². The molecule has 0 unspecified atom stereocenters. The summed E-state index contributed by atoms with van der Waals surface area (Å²) in [6.07, 6.45) is 0.00833. The van der Waals surface area contributed by atoms with Crippen molar-refractivity contribution in [1.29, 1.82) is 0 Å². The van der Waals surface area contributed by atoms with Gasteiger partial charge in [0.05, 0.1) is 0 Å². The summed E-state index contributed by atoms with van der Waals surface area (Å²) in [6.45, 7) is 1.19. The van der Waals surface area contributed by atoms with Gasteiger partial charge in [-0.1, -0.05) is 12.8 Å². The molecule has 1 N–H and O–H groups in total. The Labute approximate surface area is 99.7 Å². The summed E-state index contributed by atoms with van der Waals surface area (Å²) in [6, 6.07) is 0. The number of hydrogen-bond donors (Lipinski definition) is 1. The van der Waals surface area contributed by atoms with Crippen LogP contribution in [0.15, 0.2) is 0 Å². The minimum atomic E-state index is -4.03. The highest BCUT2D eigenvalue weighted by atomic mass is 35.5. The van der Waals surface area contributed by atoms with Crippen molar-refractivity contribution in [3.05, 3.63) is 0 Å². The lowest BCUT2D eigenvalue weighted by atomic mass is 9.88. The first-order chi connectivity index (χ1) is 7.47. The van der Waals surface area contributed by atoms with Crippen LogP contribution in [-0.2, 0) is 0 Å². The zero-order valence-electron chi connectivity index (χ0n) is 9.38. The highest BCUT2D eigenvalue weighted by Crippen LogP contribution is 2.38. The molecule has 0 aromatic rings. The van der Waals surface area contributed by atoms with Crippen LogP contribution in [0.2, 0.25) is 0 Å². The summed E-state index contributed by atoms with van der Waals surface area (Å²) >= 11 is 5.93. The first-order valence-corrected chi connectivity index (χ1v) is 6.34. The normalized spacial score (nSPS) is 20.2. The van der Waals surface area contributed by atoms with Crippen molar-refractivity contribution < 1.29 is 13.2 Å². The summed E-state index contributed by atoms with van der Waals surface area (Å²) in [5.41, 5.74) is 0.139. The van der Waals surface area contributed by atoms with Crippen LogP contribution in [0.1, 0.15) is 38.5 Å². The van der Waals surface area contributed by atoms with Crippen LogP contribution in [0.25, 0.3) is 0 Å². The first kappa shape index (κ1) is 14.1. The Morgan fingerprint density at radius 2 is 1.81 bits per heavy atom. The molecule has 0 aromatic heterocycles. The molecule has 1 aliphatic rings. The summed E-state index contributed by atoms with van der Waals surface area (Å²) in [7, 11) is 0. The van der Waals surface area contributed by atoms with Gasteiger partial charge in [0, 0.05) is 18.8 Å². The topological polar surface area (TPSA) is 12.0 Å². The Morgan fingerprint density at radius 3 is 2.31 bits per heavy atom. The SMILES string of the molecule is FC(F)(F)CCCNCC1(CCl)CCCC1. The first-order valence-electron chi connectivity index (χ1n) is 5.81. The zero-order valence-corrected chi connectivity index (χ0v) is 10.1. The second-order valence-electron chi connectivity index (χ2n) is 4.74. The largest absolute Gasteiger partial charge is 0.389 e. The Kier molecular flexibility index (Phi) is 5.38. The Balaban J connectivity index is 2.10. The molecular formula is C11H19ClF3N. The van der Waals surface area contributed by atoms with Crippen LogP contribution in [0.4, 0.5) is 13.2 Å². The van der Waals surface area contributed by atoms with E-state index in [0.717, 1.165) is 19.4 Å². The van der Waals surface area contributed by atoms with Crippen molar-refractivity contribution in [3.63, 3.8) is 0 Å². The molecule has 1 saturated carbocycles. The molecule has 0 amide bonds. The molecule has 0 aliphatic heterocycles. The van der Waals surface area contributed by atoms with E-state index in [4.69, 9.17) is 11.6 Å². The highest BCUT2D eigenvalue weighted by molar-refractivity contribution is 6.18. The van der Waals surface area contributed by atoms with Gasteiger partial charge in [-0.05, 0) is 31.2 Å². The number of hydrogen-bond acceptors (Lipinski definition) is 1. The third-order valence-electron chi connectivity index (χ3n) is 3.26. The van der Waals surface area contributed by atoms with Crippen molar-refractivity contribution in [2.75, 3.05) is 19.0 Å². The fraction of sp³-hybridized carbons (Fsp3) is 1.00. The molecule has 1 rings (SSSR count). The average Bonchev–Trinajstić information content (AvgIpc) is 2.65. The van der Waals surface area contributed by atoms with Crippen molar-refractivity contribution >= 4 is 11.6 Å². The number of halogens is 4. The number of alkyl halides is 4. The molecule has 1 aliphatic carbocycles. The maximum atomic E-state index is 11.9. The van der Waals surface area contributed by atoms with Gasteiger partial charge in [-0.2, -0.15) is 13.2 Å². The van der Waals surface area contributed by atoms with E-state index >= 15 is 0 Å². The van der Waals surface area contributed by atoms with Crippen LogP contribution >= 0.6 is 11.6 Å². The van der Waals surface area contributed by atoms with Gasteiger partial charge in [0.25, 0.3) is 0 Å². The average molecular weight is 258 g/mol. The van der Waals surface area contributed by atoms with Gasteiger partial charge in [-0.25, -0.2) is 0 Å². The monoisotopic (exact) mass is 257 g/mol. The van der Waals surface area contributed by atoms with Crippen molar-refractivity contribution in [2.24, 2.45) is 5.41 Å². The van der Waals surface area contributed by atoms with Crippen LogP contribution in [0, 0.1) is 5.41 Å². The molecule has 1 fully saturated rings. The minimum absolute atomic E-state index is 0.139. The van der Waals surface area contributed by atoms with Gasteiger partial charge in [0.2, 0.25) is 0 Å². The van der Waals surface area contributed by atoms with Gasteiger partial charge in [-0.3, -0.25) is 0 Å². The smallest absolute Gasteiger partial charge is 0.316 e. The molecule has 0 spiro atoms. The lowest BCUT2D eigenvalue weighted by molar-refractivity contribution is -0.135. The van der Waals surface area contributed by atoms with Crippen LogP contribution in [0.3, 0.4) is 0 Å². The number of nitrogens with one attached hydrogen (secondary N) is 1. The van der Waals surface area contributed by atoms with E-state index < -0.39 is 12.6 Å². The third kappa shape index (κ3) is 4.91. The molecule has 0 aromatic carbocycles. The van der Waals surface area contributed by atoms with Gasteiger partial charge in [0.15, 0.2) is 0 Å². The summed E-state index contributed by atoms with van der Waals surface area (Å²) in [4.78, 5) is 0. The predicted molar refractivity (Wildman–Crippen MR) is 59.8 cm³/mol. The standard InChI is InChI=1S/C11H19ClF3N/c12-8-10(4-1-2-5-10)9-16-7-3-6-11(13,14)15/h16H,1-9H2. The van der Waals surface area contributed by atoms with E-state index in [-0.39, 0.29) is 11.8 Å². The zero-order chi connectivity index (χ0) is 12.1. The molecule has 0 saturated heterocycles. The van der Waals surface area contributed by atoms with E-state index in [9.17, 15) is 13.2 Å². The Hall–Kier alpha value is 0.0400. The Bertz CT molecular complexity index is 200. The molecule has 0 atom stereocenters. The summed E-state index contributed by atoms with van der Waals surface area (Å²) < 4.78 is 35.6. The van der Waals surface area contributed by atoms with Gasteiger partial charge < -0.3 is 5.32 Å². The van der Waals surface area contributed by atoms with Gasteiger partial charge >= 0.3 is 6.18 Å². The fourth-order valence-corrected chi connectivity index (χ4v) is 2.61. The van der Waals surface area contributed by atoms with Crippen molar-refractivity contribution in [3.8, 4) is 0 Å². The number of rotatable bonds is 6. The highest BCUT2D eigenvalue weighted by Gasteiger charge is 2.32. The van der Waals surface area contributed by atoms with Crippen molar-refractivity contribution in [2.45, 2.75) is 44.7 Å². The van der Waals surface area contributed by atoms with E-state index in [1.54, 1.807) is 0 Å². The van der Waals surface area contributed by atoms with Crippen LogP contribution in [-0.4, -0.2) is 25.1 Å². The maximum Gasteiger partial charge on any atom is 0.389 e. The molecule has 0 heterocycles. The Morgan fingerprint density at radius 1 is 1.19 bits per heavy atom. The quantitative estimate of drug-likeness (QED) is 0.565. The lowest BCUT2D eigenvalue weighted by Gasteiger charge is -2.26.